The fraction of sp³-hybridized carbons (Fsp3) is 0.632. The van der Waals surface area contributed by atoms with Crippen molar-refractivity contribution in [3.8, 4) is 0 Å². The van der Waals surface area contributed by atoms with Crippen LogP contribution in [0.25, 0.3) is 0 Å². The van der Waals surface area contributed by atoms with Gasteiger partial charge in [-0.3, -0.25) is 4.79 Å². The monoisotopic (exact) mass is 427 g/mol. The molecule has 28 heavy (non-hydrogen) atoms. The van der Waals surface area contributed by atoms with Crippen molar-refractivity contribution >= 4 is 39.1 Å². The highest BCUT2D eigenvalue weighted by Gasteiger charge is 2.28. The number of hydrogen-bond acceptors (Lipinski definition) is 6. The molecule has 0 radical (unpaired) electrons. The molecule has 1 N–H and O–H groups in total. The van der Waals surface area contributed by atoms with Gasteiger partial charge in [-0.2, -0.15) is 16.1 Å². The molecule has 2 fully saturated rings. The first-order chi connectivity index (χ1) is 13.4. The number of benzene rings is 1. The van der Waals surface area contributed by atoms with E-state index in [1.54, 1.807) is 12.1 Å². The molecule has 156 valence electrons. The largest absolute Gasteiger partial charge is 0.379 e. The number of nitrogens with zero attached hydrogens (tertiary/aromatic N) is 2. The second-order valence-electron chi connectivity index (χ2n) is 7.11. The molecule has 1 amide bonds. The van der Waals surface area contributed by atoms with Crippen LogP contribution in [0, 0.1) is 0 Å². The molecule has 0 aliphatic carbocycles. The van der Waals surface area contributed by atoms with E-state index in [2.05, 4.69) is 10.2 Å². The third kappa shape index (κ3) is 4.82. The fourth-order valence-electron chi connectivity index (χ4n) is 3.46. The molecule has 2 saturated heterocycles. The van der Waals surface area contributed by atoms with Crippen LogP contribution in [0.5, 0.6) is 0 Å². The highest BCUT2D eigenvalue weighted by atomic mass is 32.2. The molecule has 9 heteroatoms. The first-order valence-corrected chi connectivity index (χ1v) is 12.5. The summed E-state index contributed by atoms with van der Waals surface area (Å²) in [5, 5.41) is 2.75. The molecule has 1 atom stereocenters. The molecular formula is C19H29N3O4S2. The third-order valence-electron chi connectivity index (χ3n) is 5.25. The van der Waals surface area contributed by atoms with E-state index < -0.39 is 10.0 Å². The van der Waals surface area contributed by atoms with Crippen molar-refractivity contribution in [3.63, 3.8) is 0 Å². The summed E-state index contributed by atoms with van der Waals surface area (Å²) in [6.45, 7) is 5.17. The number of carbonyl (C=O) groups excluding carboxylic acids is 1. The van der Waals surface area contributed by atoms with Crippen LogP contribution in [0.2, 0.25) is 0 Å². The first kappa shape index (κ1) is 21.4. The number of carbonyl (C=O) groups is 1. The lowest BCUT2D eigenvalue weighted by atomic mass is 10.1. The maximum Gasteiger partial charge on any atom is 0.243 e. The van der Waals surface area contributed by atoms with Crippen LogP contribution in [0.1, 0.15) is 26.2 Å². The average Bonchev–Trinajstić information content (AvgIpc) is 2.74. The Bertz CT molecular complexity index is 788. The summed E-state index contributed by atoms with van der Waals surface area (Å²) >= 11 is 1.46. The van der Waals surface area contributed by atoms with Gasteiger partial charge in [-0.05, 0) is 50.6 Å². The van der Waals surface area contributed by atoms with Crippen molar-refractivity contribution < 1.29 is 17.9 Å². The van der Waals surface area contributed by atoms with Gasteiger partial charge in [0.1, 0.15) is 0 Å². The van der Waals surface area contributed by atoms with Gasteiger partial charge in [0.2, 0.25) is 15.9 Å². The Balaban J connectivity index is 1.94. The van der Waals surface area contributed by atoms with E-state index in [0.29, 0.717) is 32.0 Å². The van der Waals surface area contributed by atoms with Gasteiger partial charge in [0.25, 0.3) is 0 Å². The van der Waals surface area contributed by atoms with Crippen molar-refractivity contribution in [2.45, 2.75) is 36.3 Å². The number of rotatable bonds is 6. The molecule has 0 bridgehead atoms. The molecule has 1 unspecified atom stereocenters. The zero-order valence-corrected chi connectivity index (χ0v) is 18.2. The summed E-state index contributed by atoms with van der Waals surface area (Å²) in [5.41, 5.74) is 1.46. The predicted molar refractivity (Wildman–Crippen MR) is 114 cm³/mol. The number of nitrogens with one attached hydrogen (secondary N) is 1. The molecule has 0 saturated carbocycles. The number of hydrogen-bond donors (Lipinski definition) is 1. The zero-order chi connectivity index (χ0) is 20.1. The number of sulfonamides is 1. The van der Waals surface area contributed by atoms with E-state index in [0.717, 1.165) is 31.6 Å². The van der Waals surface area contributed by atoms with Gasteiger partial charge >= 0.3 is 0 Å². The fourth-order valence-corrected chi connectivity index (χ4v) is 5.17. The normalized spacial score (nSPS) is 20.0. The van der Waals surface area contributed by atoms with Gasteiger partial charge in [0, 0.05) is 26.2 Å². The van der Waals surface area contributed by atoms with Crippen molar-refractivity contribution in [2.24, 2.45) is 0 Å². The standard InChI is InChI=1S/C19H29N3O4S2/c1-15(27-2)19(23)20-17-14-16(28(24,25)22-10-12-26-13-11-22)6-7-18(17)21-8-4-3-5-9-21/h6-7,14-15H,3-5,8-13H2,1-2H3,(H,20,23). The van der Waals surface area contributed by atoms with Crippen LogP contribution in [0.15, 0.2) is 23.1 Å². The molecule has 2 aliphatic rings. The molecular weight excluding hydrogens is 398 g/mol. The number of thioether (sulfide) groups is 1. The van der Waals surface area contributed by atoms with Crippen LogP contribution >= 0.6 is 11.8 Å². The summed E-state index contributed by atoms with van der Waals surface area (Å²) < 4.78 is 32.8. The number of morpholine rings is 1. The summed E-state index contributed by atoms with van der Waals surface area (Å²) in [6, 6.07) is 5.10. The van der Waals surface area contributed by atoms with Gasteiger partial charge in [0.05, 0.1) is 34.7 Å². The molecule has 0 aromatic heterocycles. The van der Waals surface area contributed by atoms with Crippen LogP contribution in [0.3, 0.4) is 0 Å². The van der Waals surface area contributed by atoms with E-state index >= 15 is 0 Å². The van der Waals surface area contributed by atoms with Crippen molar-refractivity contribution in [3.05, 3.63) is 18.2 Å². The summed E-state index contributed by atoms with van der Waals surface area (Å²) in [4.78, 5) is 15.0. The van der Waals surface area contributed by atoms with Crippen LogP contribution in [0.4, 0.5) is 11.4 Å². The topological polar surface area (TPSA) is 79.0 Å². The minimum absolute atomic E-state index is 0.119. The van der Waals surface area contributed by atoms with Crippen molar-refractivity contribution in [1.82, 2.24) is 4.31 Å². The summed E-state index contributed by atoms with van der Waals surface area (Å²) in [7, 11) is -3.62. The highest BCUT2D eigenvalue weighted by Crippen LogP contribution is 2.32. The lowest BCUT2D eigenvalue weighted by molar-refractivity contribution is -0.115. The van der Waals surface area contributed by atoms with Gasteiger partial charge in [-0.1, -0.05) is 0 Å². The van der Waals surface area contributed by atoms with E-state index in [9.17, 15) is 13.2 Å². The Hall–Kier alpha value is -1.29. The highest BCUT2D eigenvalue weighted by molar-refractivity contribution is 7.99. The van der Waals surface area contributed by atoms with E-state index in [1.165, 1.54) is 22.5 Å². The van der Waals surface area contributed by atoms with Gasteiger partial charge in [-0.15, -0.1) is 0 Å². The second-order valence-corrected chi connectivity index (χ2v) is 10.2. The zero-order valence-electron chi connectivity index (χ0n) is 16.5. The molecule has 1 aromatic carbocycles. The Kier molecular flexibility index (Phi) is 7.25. The molecule has 7 nitrogen and oxygen atoms in total. The summed E-state index contributed by atoms with van der Waals surface area (Å²) in [6.07, 6.45) is 5.28. The quantitative estimate of drug-likeness (QED) is 0.751. The maximum atomic E-state index is 13.0. The lowest BCUT2D eigenvalue weighted by Crippen LogP contribution is -2.40. The summed E-state index contributed by atoms with van der Waals surface area (Å²) in [5.74, 6) is -0.119. The Labute approximate surface area is 171 Å². The van der Waals surface area contributed by atoms with Gasteiger partial charge in [0.15, 0.2) is 0 Å². The predicted octanol–water partition coefficient (Wildman–Crippen LogP) is 2.39. The first-order valence-electron chi connectivity index (χ1n) is 9.74. The molecule has 2 aliphatic heterocycles. The second kappa shape index (κ2) is 9.47. The SMILES string of the molecule is CSC(C)C(=O)Nc1cc(S(=O)(=O)N2CCOCC2)ccc1N1CCCCC1. The minimum Gasteiger partial charge on any atom is -0.379 e. The Morgan fingerprint density at radius 2 is 1.82 bits per heavy atom. The average molecular weight is 428 g/mol. The van der Waals surface area contributed by atoms with E-state index in [4.69, 9.17) is 4.74 Å². The number of ether oxygens (including phenoxy) is 1. The number of anilines is 2. The minimum atomic E-state index is -3.62. The van der Waals surface area contributed by atoms with Crippen LogP contribution < -0.4 is 10.2 Å². The van der Waals surface area contributed by atoms with Crippen LogP contribution in [-0.4, -0.2) is 69.5 Å². The van der Waals surface area contributed by atoms with Crippen LogP contribution in [-0.2, 0) is 19.6 Å². The van der Waals surface area contributed by atoms with Crippen molar-refractivity contribution in [1.29, 1.82) is 0 Å². The molecule has 0 spiro atoms. The molecule has 1 aromatic rings. The van der Waals surface area contributed by atoms with E-state index in [-0.39, 0.29) is 16.1 Å². The van der Waals surface area contributed by atoms with Gasteiger partial charge in [-0.25, -0.2) is 8.42 Å². The number of amides is 1. The van der Waals surface area contributed by atoms with Gasteiger partial charge < -0.3 is 15.0 Å². The molecule has 2 heterocycles. The smallest absolute Gasteiger partial charge is 0.243 e. The maximum absolute atomic E-state index is 13.0. The Morgan fingerprint density at radius 3 is 2.46 bits per heavy atom. The lowest BCUT2D eigenvalue weighted by Gasteiger charge is -2.31. The van der Waals surface area contributed by atoms with E-state index in [1.807, 2.05) is 19.2 Å². The van der Waals surface area contributed by atoms with Crippen molar-refractivity contribution in [2.75, 3.05) is 55.9 Å². The Morgan fingerprint density at radius 1 is 1.14 bits per heavy atom. The number of piperidine rings is 1. The molecule has 3 rings (SSSR count). The third-order valence-corrected chi connectivity index (χ3v) is 8.07.